The Morgan fingerprint density at radius 3 is 2.48 bits per heavy atom. The normalized spacial score (nSPS) is 16.1. The Labute approximate surface area is 170 Å². The third-order valence-electron chi connectivity index (χ3n) is 4.75. The lowest BCUT2D eigenvalue weighted by Crippen LogP contribution is -2.46. The average Bonchev–Trinajstić information content (AvgIpc) is 2.73. The van der Waals surface area contributed by atoms with Gasteiger partial charge in [0.25, 0.3) is 0 Å². The van der Waals surface area contributed by atoms with Crippen molar-refractivity contribution in [2.45, 2.75) is 39.8 Å². The van der Waals surface area contributed by atoms with Crippen LogP contribution in [0.25, 0.3) is 0 Å². The van der Waals surface area contributed by atoms with Crippen LogP contribution in [-0.2, 0) is 16.1 Å². The van der Waals surface area contributed by atoms with Crippen LogP contribution < -0.4 is 15.4 Å². The summed E-state index contributed by atoms with van der Waals surface area (Å²) in [6.45, 7) is 6.32. The Morgan fingerprint density at radius 2 is 1.79 bits per heavy atom. The lowest BCUT2D eigenvalue weighted by Gasteiger charge is -2.30. The first-order valence-corrected chi connectivity index (χ1v) is 9.78. The molecule has 1 atom stereocenters. The van der Waals surface area contributed by atoms with Gasteiger partial charge in [0.15, 0.2) is 0 Å². The predicted molar refractivity (Wildman–Crippen MR) is 110 cm³/mol. The lowest BCUT2D eigenvalue weighted by molar-refractivity contribution is -0.139. The molecule has 0 saturated carbocycles. The molecule has 0 fully saturated rings. The molecule has 2 amide bonds. The summed E-state index contributed by atoms with van der Waals surface area (Å²) in [7, 11) is 0. The number of amides is 2. The molecule has 6 heteroatoms. The van der Waals surface area contributed by atoms with E-state index in [4.69, 9.17) is 9.47 Å². The fraction of sp³-hybridized carbons (Fsp3) is 0.304. The molecule has 2 aromatic carbocycles. The highest BCUT2D eigenvalue weighted by Gasteiger charge is 2.34. The zero-order chi connectivity index (χ0) is 20.8. The summed E-state index contributed by atoms with van der Waals surface area (Å²) in [5.74, 6) is 0.160. The van der Waals surface area contributed by atoms with Crippen molar-refractivity contribution in [3.8, 4) is 5.75 Å². The SMILES string of the molecule is CCOC(=O)C1=C(CC)NC(=O)NC1c1ccccc1OCc1ccc(C)cc1. The van der Waals surface area contributed by atoms with Crippen molar-refractivity contribution in [1.82, 2.24) is 10.6 Å². The van der Waals surface area contributed by atoms with Crippen LogP contribution in [0, 0.1) is 6.92 Å². The predicted octanol–water partition coefficient (Wildman–Crippen LogP) is 4.16. The molecule has 0 bridgehead atoms. The Balaban J connectivity index is 1.94. The molecule has 1 aliphatic rings. The summed E-state index contributed by atoms with van der Waals surface area (Å²) in [6, 6.07) is 14.5. The van der Waals surface area contributed by atoms with Crippen LogP contribution in [0.2, 0.25) is 0 Å². The van der Waals surface area contributed by atoms with E-state index in [1.165, 1.54) is 5.56 Å². The van der Waals surface area contributed by atoms with Crippen molar-refractivity contribution >= 4 is 12.0 Å². The number of rotatable bonds is 7. The Morgan fingerprint density at radius 1 is 1.07 bits per heavy atom. The second-order valence-electron chi connectivity index (χ2n) is 6.81. The van der Waals surface area contributed by atoms with E-state index in [2.05, 4.69) is 10.6 Å². The van der Waals surface area contributed by atoms with Gasteiger partial charge in [-0.15, -0.1) is 0 Å². The van der Waals surface area contributed by atoms with Crippen molar-refractivity contribution in [2.75, 3.05) is 6.61 Å². The van der Waals surface area contributed by atoms with E-state index >= 15 is 0 Å². The quantitative estimate of drug-likeness (QED) is 0.692. The monoisotopic (exact) mass is 394 g/mol. The number of esters is 1. The second kappa shape index (κ2) is 9.28. The van der Waals surface area contributed by atoms with Crippen LogP contribution in [0.1, 0.15) is 43.0 Å². The van der Waals surface area contributed by atoms with Crippen LogP contribution in [-0.4, -0.2) is 18.6 Å². The number of carbonyl (C=O) groups excluding carboxylic acids is 2. The average molecular weight is 394 g/mol. The van der Waals surface area contributed by atoms with Crippen LogP contribution in [0.5, 0.6) is 5.75 Å². The first kappa shape index (κ1) is 20.5. The summed E-state index contributed by atoms with van der Waals surface area (Å²) in [5, 5.41) is 5.57. The summed E-state index contributed by atoms with van der Waals surface area (Å²) in [6.07, 6.45) is 0.504. The maximum atomic E-state index is 12.7. The van der Waals surface area contributed by atoms with Crippen molar-refractivity contribution in [1.29, 1.82) is 0 Å². The molecule has 1 aliphatic heterocycles. The molecule has 29 heavy (non-hydrogen) atoms. The van der Waals surface area contributed by atoms with E-state index in [0.717, 1.165) is 5.56 Å². The zero-order valence-electron chi connectivity index (χ0n) is 17.0. The summed E-state index contributed by atoms with van der Waals surface area (Å²) in [4.78, 5) is 24.9. The minimum Gasteiger partial charge on any atom is -0.489 e. The number of ether oxygens (including phenoxy) is 2. The van der Waals surface area contributed by atoms with E-state index in [0.29, 0.717) is 35.6 Å². The molecule has 2 aromatic rings. The molecule has 0 aliphatic carbocycles. The van der Waals surface area contributed by atoms with E-state index in [-0.39, 0.29) is 12.6 Å². The van der Waals surface area contributed by atoms with Gasteiger partial charge in [0.2, 0.25) is 0 Å². The molecule has 1 unspecified atom stereocenters. The molecule has 0 radical (unpaired) electrons. The molecular formula is C23H26N2O4. The van der Waals surface area contributed by atoms with Gasteiger partial charge in [-0.2, -0.15) is 0 Å². The van der Waals surface area contributed by atoms with E-state index < -0.39 is 12.0 Å². The van der Waals surface area contributed by atoms with Gasteiger partial charge in [-0.1, -0.05) is 55.0 Å². The number of benzene rings is 2. The van der Waals surface area contributed by atoms with E-state index in [9.17, 15) is 9.59 Å². The highest BCUT2D eigenvalue weighted by molar-refractivity contribution is 5.95. The number of allylic oxidation sites excluding steroid dienone is 1. The number of hydrogen-bond acceptors (Lipinski definition) is 4. The van der Waals surface area contributed by atoms with Crippen LogP contribution in [0.4, 0.5) is 4.79 Å². The zero-order valence-corrected chi connectivity index (χ0v) is 17.0. The van der Waals surface area contributed by atoms with Gasteiger partial charge in [0.1, 0.15) is 12.4 Å². The molecule has 0 saturated heterocycles. The number of aryl methyl sites for hydroxylation is 1. The van der Waals surface area contributed by atoms with E-state index in [1.807, 2.05) is 62.4 Å². The number of carbonyl (C=O) groups is 2. The standard InChI is InChI=1S/C23H26N2O4/c1-4-18-20(22(26)28-5-2)21(25-23(27)24-18)17-8-6-7-9-19(17)29-14-16-12-10-15(3)11-13-16/h6-13,21H,4-5,14H2,1-3H3,(H2,24,25,27). The van der Waals surface area contributed by atoms with Gasteiger partial charge >= 0.3 is 12.0 Å². The topological polar surface area (TPSA) is 76.7 Å². The van der Waals surface area contributed by atoms with Crippen LogP contribution >= 0.6 is 0 Å². The smallest absolute Gasteiger partial charge is 0.338 e. The highest BCUT2D eigenvalue weighted by atomic mass is 16.5. The Hall–Kier alpha value is -3.28. The Bertz CT molecular complexity index is 919. The van der Waals surface area contributed by atoms with Crippen LogP contribution in [0.3, 0.4) is 0 Å². The first-order chi connectivity index (χ1) is 14.0. The van der Waals surface area contributed by atoms with Gasteiger partial charge in [-0.3, -0.25) is 0 Å². The molecule has 0 spiro atoms. The maximum absolute atomic E-state index is 12.7. The van der Waals surface area contributed by atoms with Gasteiger partial charge < -0.3 is 20.1 Å². The fourth-order valence-electron chi connectivity index (χ4n) is 3.28. The summed E-state index contributed by atoms with van der Waals surface area (Å²) >= 11 is 0. The Kier molecular flexibility index (Phi) is 6.54. The summed E-state index contributed by atoms with van der Waals surface area (Å²) in [5.41, 5.74) is 3.90. The summed E-state index contributed by atoms with van der Waals surface area (Å²) < 4.78 is 11.3. The molecule has 1 heterocycles. The molecule has 0 aromatic heterocycles. The number of hydrogen-bond donors (Lipinski definition) is 2. The van der Waals surface area contributed by atoms with Crippen molar-refractivity contribution < 1.29 is 19.1 Å². The third kappa shape index (κ3) is 4.77. The van der Waals surface area contributed by atoms with Gasteiger partial charge in [-0.05, 0) is 31.9 Å². The van der Waals surface area contributed by atoms with Crippen molar-refractivity contribution in [3.63, 3.8) is 0 Å². The minimum absolute atomic E-state index is 0.256. The van der Waals surface area contributed by atoms with Crippen molar-refractivity contribution in [2.24, 2.45) is 0 Å². The van der Waals surface area contributed by atoms with Gasteiger partial charge in [0.05, 0.1) is 18.2 Å². The molecule has 3 rings (SSSR count). The lowest BCUT2D eigenvalue weighted by atomic mass is 9.93. The van der Waals surface area contributed by atoms with Crippen LogP contribution in [0.15, 0.2) is 59.8 Å². The molecule has 152 valence electrons. The first-order valence-electron chi connectivity index (χ1n) is 9.78. The second-order valence-corrected chi connectivity index (χ2v) is 6.81. The minimum atomic E-state index is -0.646. The van der Waals surface area contributed by atoms with E-state index in [1.54, 1.807) is 6.92 Å². The largest absolute Gasteiger partial charge is 0.489 e. The van der Waals surface area contributed by atoms with Crippen molar-refractivity contribution in [3.05, 3.63) is 76.5 Å². The number of nitrogens with one attached hydrogen (secondary N) is 2. The molecule has 2 N–H and O–H groups in total. The fourth-order valence-corrected chi connectivity index (χ4v) is 3.28. The van der Waals surface area contributed by atoms with Gasteiger partial charge in [0, 0.05) is 11.3 Å². The third-order valence-corrected chi connectivity index (χ3v) is 4.75. The number of para-hydroxylation sites is 1. The maximum Gasteiger partial charge on any atom is 0.338 e. The number of urea groups is 1. The highest BCUT2D eigenvalue weighted by Crippen LogP contribution is 2.34. The molecular weight excluding hydrogens is 368 g/mol. The molecule has 6 nitrogen and oxygen atoms in total. The van der Waals surface area contributed by atoms with Gasteiger partial charge in [-0.25, -0.2) is 9.59 Å².